The van der Waals surface area contributed by atoms with Crippen molar-refractivity contribution in [2.45, 2.75) is 19.9 Å². The Morgan fingerprint density at radius 3 is 2.73 bits per heavy atom. The lowest BCUT2D eigenvalue weighted by Gasteiger charge is -2.11. The Hall–Kier alpha value is -1.06. The fourth-order valence-corrected chi connectivity index (χ4v) is 1.51. The molecule has 0 bridgehead atoms. The molecule has 0 aromatic heterocycles. The number of carbonyl (C=O) groups excluding carboxylic acids is 1. The fourth-order valence-electron chi connectivity index (χ4n) is 1.22. The first-order valence-electron chi connectivity index (χ1n) is 4.72. The lowest BCUT2D eigenvalue weighted by molar-refractivity contribution is 0.0922. The molecule has 0 aliphatic heterocycles. The summed E-state index contributed by atoms with van der Waals surface area (Å²) in [5, 5.41) is 12.0. The van der Waals surface area contributed by atoms with Gasteiger partial charge in [0.05, 0.1) is 6.61 Å². The highest BCUT2D eigenvalue weighted by atomic mass is 35.5. The third-order valence-corrected chi connectivity index (χ3v) is 2.17. The van der Waals surface area contributed by atoms with Crippen LogP contribution in [0.3, 0.4) is 0 Å². The van der Waals surface area contributed by atoms with E-state index in [1.54, 1.807) is 25.1 Å². The van der Waals surface area contributed by atoms with E-state index in [4.69, 9.17) is 16.7 Å². The molecule has 0 unspecified atom stereocenters. The average Bonchev–Trinajstić information content (AvgIpc) is 2.16. The largest absolute Gasteiger partial charge is 0.394 e. The van der Waals surface area contributed by atoms with Crippen LogP contribution in [-0.4, -0.2) is 23.7 Å². The second kappa shape index (κ2) is 5.14. The summed E-state index contributed by atoms with van der Waals surface area (Å²) >= 11 is 5.84. The molecule has 0 saturated carbocycles. The van der Waals surface area contributed by atoms with Crippen molar-refractivity contribution in [3.63, 3.8) is 0 Å². The maximum Gasteiger partial charge on any atom is 0.251 e. The van der Waals surface area contributed by atoms with Gasteiger partial charge in [-0.15, -0.1) is 0 Å². The number of halogens is 1. The van der Waals surface area contributed by atoms with Gasteiger partial charge in [-0.25, -0.2) is 0 Å². The van der Waals surface area contributed by atoms with Crippen LogP contribution in [0.15, 0.2) is 18.2 Å². The monoisotopic (exact) mass is 227 g/mol. The lowest BCUT2D eigenvalue weighted by atomic mass is 10.1. The molecular formula is C11H14ClNO2. The van der Waals surface area contributed by atoms with E-state index in [1.807, 2.05) is 6.92 Å². The topological polar surface area (TPSA) is 49.3 Å². The zero-order valence-electron chi connectivity index (χ0n) is 8.75. The van der Waals surface area contributed by atoms with Crippen LogP contribution >= 0.6 is 11.6 Å². The SMILES string of the molecule is Cc1cc(Cl)cc(C(=O)N[C@H](C)CO)c1. The molecule has 1 atom stereocenters. The minimum Gasteiger partial charge on any atom is -0.394 e. The van der Waals surface area contributed by atoms with E-state index >= 15 is 0 Å². The molecule has 1 aromatic carbocycles. The fraction of sp³-hybridized carbons (Fsp3) is 0.364. The summed E-state index contributed by atoms with van der Waals surface area (Å²) in [7, 11) is 0. The Morgan fingerprint density at radius 2 is 2.20 bits per heavy atom. The summed E-state index contributed by atoms with van der Waals surface area (Å²) in [5.41, 5.74) is 1.45. The first-order chi connectivity index (χ1) is 7.02. The van der Waals surface area contributed by atoms with Gasteiger partial charge in [0, 0.05) is 16.6 Å². The number of hydrogen-bond donors (Lipinski definition) is 2. The van der Waals surface area contributed by atoms with E-state index < -0.39 is 0 Å². The summed E-state index contributed by atoms with van der Waals surface area (Å²) in [5.74, 6) is -0.220. The number of hydrogen-bond acceptors (Lipinski definition) is 2. The molecule has 0 spiro atoms. The highest BCUT2D eigenvalue weighted by Gasteiger charge is 2.09. The minimum atomic E-state index is -0.253. The smallest absolute Gasteiger partial charge is 0.251 e. The quantitative estimate of drug-likeness (QED) is 0.827. The molecule has 15 heavy (non-hydrogen) atoms. The third-order valence-electron chi connectivity index (χ3n) is 1.96. The zero-order chi connectivity index (χ0) is 11.4. The Labute approximate surface area is 94.1 Å². The first kappa shape index (κ1) is 12.0. The molecule has 4 heteroatoms. The second-order valence-corrected chi connectivity index (χ2v) is 4.01. The summed E-state index contributed by atoms with van der Waals surface area (Å²) in [6, 6.07) is 4.89. The van der Waals surface area contributed by atoms with Gasteiger partial charge in [0.2, 0.25) is 0 Å². The van der Waals surface area contributed by atoms with E-state index in [2.05, 4.69) is 5.32 Å². The average molecular weight is 228 g/mol. The summed E-state index contributed by atoms with van der Waals surface area (Å²) in [4.78, 5) is 11.6. The number of aliphatic hydroxyl groups is 1. The van der Waals surface area contributed by atoms with Gasteiger partial charge in [0.15, 0.2) is 0 Å². The van der Waals surface area contributed by atoms with Crippen LogP contribution in [0.4, 0.5) is 0 Å². The molecule has 3 nitrogen and oxygen atoms in total. The van der Waals surface area contributed by atoms with Gasteiger partial charge in [-0.3, -0.25) is 4.79 Å². The molecule has 1 amide bonds. The third kappa shape index (κ3) is 3.53. The molecule has 0 aliphatic carbocycles. The zero-order valence-corrected chi connectivity index (χ0v) is 9.51. The second-order valence-electron chi connectivity index (χ2n) is 3.57. The van der Waals surface area contributed by atoms with Crippen molar-refractivity contribution in [3.05, 3.63) is 34.3 Å². The van der Waals surface area contributed by atoms with Crippen molar-refractivity contribution in [1.29, 1.82) is 0 Å². The number of rotatable bonds is 3. The summed E-state index contributed by atoms with van der Waals surface area (Å²) in [6.07, 6.45) is 0. The van der Waals surface area contributed by atoms with Crippen molar-refractivity contribution < 1.29 is 9.90 Å². The molecule has 0 fully saturated rings. The Kier molecular flexibility index (Phi) is 4.12. The van der Waals surface area contributed by atoms with E-state index in [-0.39, 0.29) is 18.6 Å². The van der Waals surface area contributed by atoms with Gasteiger partial charge in [0.1, 0.15) is 0 Å². The van der Waals surface area contributed by atoms with Crippen LogP contribution < -0.4 is 5.32 Å². The molecule has 82 valence electrons. The van der Waals surface area contributed by atoms with Crippen LogP contribution in [0.5, 0.6) is 0 Å². The molecule has 0 radical (unpaired) electrons. The predicted molar refractivity (Wildman–Crippen MR) is 60.2 cm³/mol. The molecule has 1 aromatic rings. The Morgan fingerprint density at radius 1 is 1.53 bits per heavy atom. The maximum absolute atomic E-state index is 11.6. The van der Waals surface area contributed by atoms with Crippen molar-refractivity contribution in [1.82, 2.24) is 5.32 Å². The standard InChI is InChI=1S/C11H14ClNO2/c1-7-3-9(5-10(12)4-7)11(15)13-8(2)6-14/h3-5,8,14H,6H2,1-2H3,(H,13,15)/t8-/m1/s1. The maximum atomic E-state index is 11.6. The summed E-state index contributed by atoms with van der Waals surface area (Å²) < 4.78 is 0. The van der Waals surface area contributed by atoms with Gasteiger partial charge in [-0.05, 0) is 37.6 Å². The van der Waals surface area contributed by atoms with Crippen LogP contribution in [0, 0.1) is 6.92 Å². The van der Waals surface area contributed by atoms with E-state index in [1.165, 1.54) is 0 Å². The molecule has 0 heterocycles. The minimum absolute atomic E-state index is 0.0781. The number of aryl methyl sites for hydroxylation is 1. The predicted octanol–water partition coefficient (Wildman–Crippen LogP) is 1.76. The number of nitrogens with one attached hydrogen (secondary N) is 1. The van der Waals surface area contributed by atoms with Gasteiger partial charge >= 0.3 is 0 Å². The molecule has 0 saturated heterocycles. The molecule has 0 aliphatic rings. The van der Waals surface area contributed by atoms with E-state index in [0.717, 1.165) is 5.56 Å². The molecule has 2 N–H and O–H groups in total. The van der Waals surface area contributed by atoms with Crippen molar-refractivity contribution in [3.8, 4) is 0 Å². The Balaban J connectivity index is 2.82. The Bertz CT molecular complexity index is 345. The van der Waals surface area contributed by atoms with Crippen molar-refractivity contribution >= 4 is 17.5 Å². The first-order valence-corrected chi connectivity index (χ1v) is 5.09. The van der Waals surface area contributed by atoms with E-state index in [9.17, 15) is 4.79 Å². The molecular weight excluding hydrogens is 214 g/mol. The van der Waals surface area contributed by atoms with Crippen LogP contribution in [0.1, 0.15) is 22.8 Å². The number of carbonyl (C=O) groups is 1. The van der Waals surface area contributed by atoms with Gasteiger partial charge in [0.25, 0.3) is 5.91 Å². The van der Waals surface area contributed by atoms with Crippen LogP contribution in [0.25, 0.3) is 0 Å². The lowest BCUT2D eigenvalue weighted by Crippen LogP contribution is -2.35. The van der Waals surface area contributed by atoms with E-state index in [0.29, 0.717) is 10.6 Å². The van der Waals surface area contributed by atoms with Crippen molar-refractivity contribution in [2.24, 2.45) is 0 Å². The number of benzene rings is 1. The highest BCUT2D eigenvalue weighted by Crippen LogP contribution is 2.14. The van der Waals surface area contributed by atoms with Gasteiger partial charge in [-0.2, -0.15) is 0 Å². The van der Waals surface area contributed by atoms with Gasteiger partial charge in [-0.1, -0.05) is 11.6 Å². The number of amides is 1. The van der Waals surface area contributed by atoms with Gasteiger partial charge < -0.3 is 10.4 Å². The molecule has 1 rings (SSSR count). The van der Waals surface area contributed by atoms with Crippen molar-refractivity contribution in [2.75, 3.05) is 6.61 Å². The number of aliphatic hydroxyl groups excluding tert-OH is 1. The highest BCUT2D eigenvalue weighted by molar-refractivity contribution is 6.31. The van der Waals surface area contributed by atoms with Crippen LogP contribution in [-0.2, 0) is 0 Å². The normalized spacial score (nSPS) is 12.3. The summed E-state index contributed by atoms with van der Waals surface area (Å²) in [6.45, 7) is 3.53. The van der Waals surface area contributed by atoms with Crippen LogP contribution in [0.2, 0.25) is 5.02 Å².